The second-order valence-corrected chi connectivity index (χ2v) is 6.94. The second kappa shape index (κ2) is 8.83. The molecule has 0 spiro atoms. The van der Waals surface area contributed by atoms with Crippen molar-refractivity contribution < 1.29 is 9.32 Å². The van der Waals surface area contributed by atoms with E-state index in [-0.39, 0.29) is 24.4 Å². The van der Waals surface area contributed by atoms with E-state index in [0.717, 1.165) is 57.0 Å². The molecule has 1 aromatic rings. The summed E-state index contributed by atoms with van der Waals surface area (Å²) in [5, 5.41) is 10.4. The van der Waals surface area contributed by atoms with Crippen LogP contribution in [0, 0.1) is 19.8 Å². The molecule has 1 amide bonds. The molecule has 7 heteroatoms. The van der Waals surface area contributed by atoms with E-state index in [1.165, 1.54) is 18.4 Å². The van der Waals surface area contributed by atoms with Gasteiger partial charge in [0.25, 0.3) is 0 Å². The molecule has 3 heterocycles. The molecule has 2 fully saturated rings. The molecule has 2 aliphatic heterocycles. The van der Waals surface area contributed by atoms with Gasteiger partial charge in [-0.25, -0.2) is 0 Å². The number of hydrogen-bond donors (Lipinski definition) is 2. The summed E-state index contributed by atoms with van der Waals surface area (Å²) in [4.78, 5) is 14.6. The number of carbonyl (C=O) groups excluding carboxylic acids is 1. The number of hydrogen-bond acceptors (Lipinski definition) is 5. The molecule has 0 saturated carbocycles. The first kappa shape index (κ1) is 19.2. The zero-order chi connectivity index (χ0) is 16.2. The number of nitrogens with zero attached hydrogens (tertiary/aromatic N) is 2. The monoisotopic (exact) mass is 356 g/mol. The number of aryl methyl sites for hydroxylation is 2. The molecular formula is C17H29ClN4O2. The Morgan fingerprint density at radius 1 is 1.38 bits per heavy atom. The van der Waals surface area contributed by atoms with Gasteiger partial charge in [0.1, 0.15) is 5.76 Å². The zero-order valence-corrected chi connectivity index (χ0v) is 15.5. The van der Waals surface area contributed by atoms with Crippen LogP contribution >= 0.6 is 12.4 Å². The first-order chi connectivity index (χ1) is 11.1. The first-order valence-corrected chi connectivity index (χ1v) is 8.78. The Labute approximate surface area is 150 Å². The minimum absolute atomic E-state index is 0. The van der Waals surface area contributed by atoms with Gasteiger partial charge in [0, 0.05) is 25.2 Å². The average molecular weight is 357 g/mol. The van der Waals surface area contributed by atoms with Gasteiger partial charge in [-0.2, -0.15) is 0 Å². The Balaban J connectivity index is 0.00000208. The molecule has 0 aromatic carbocycles. The van der Waals surface area contributed by atoms with Crippen LogP contribution in [0.2, 0.25) is 0 Å². The van der Waals surface area contributed by atoms with Crippen molar-refractivity contribution in [2.45, 2.75) is 52.1 Å². The number of carbonyl (C=O) groups is 1. The molecule has 24 heavy (non-hydrogen) atoms. The lowest BCUT2D eigenvalue weighted by atomic mass is 9.97. The standard InChI is InChI=1S/C17H28N4O2.ClH/c1-12-15(13(2)23-20-12)11-21-8-4-5-14(10-21)9-19-17(22)16-6-3-7-18-16;/h14,16,18H,3-11H2,1-2H3,(H,19,22);1H. The first-order valence-electron chi connectivity index (χ1n) is 8.78. The van der Waals surface area contributed by atoms with E-state index in [9.17, 15) is 4.79 Å². The number of amides is 1. The van der Waals surface area contributed by atoms with Crippen LogP contribution in [0.3, 0.4) is 0 Å². The van der Waals surface area contributed by atoms with Gasteiger partial charge < -0.3 is 15.2 Å². The normalized spacial score (nSPS) is 24.6. The fourth-order valence-corrected chi connectivity index (χ4v) is 3.69. The number of piperidine rings is 1. The van der Waals surface area contributed by atoms with Crippen LogP contribution in [0.25, 0.3) is 0 Å². The van der Waals surface area contributed by atoms with Crippen molar-refractivity contribution in [3.05, 3.63) is 17.0 Å². The van der Waals surface area contributed by atoms with E-state index in [0.29, 0.717) is 5.92 Å². The highest BCUT2D eigenvalue weighted by Gasteiger charge is 2.25. The number of aromatic nitrogens is 1. The Bertz CT molecular complexity index is 523. The summed E-state index contributed by atoms with van der Waals surface area (Å²) in [6, 6.07) is 0.0250. The maximum atomic E-state index is 12.1. The van der Waals surface area contributed by atoms with Crippen molar-refractivity contribution in [1.29, 1.82) is 0 Å². The van der Waals surface area contributed by atoms with Gasteiger partial charge in [-0.3, -0.25) is 9.69 Å². The highest BCUT2D eigenvalue weighted by atomic mass is 35.5. The Kier molecular flexibility index (Phi) is 7.07. The fraction of sp³-hybridized carbons (Fsp3) is 0.765. The molecule has 3 rings (SSSR count). The predicted octanol–water partition coefficient (Wildman–Crippen LogP) is 1.79. The molecule has 136 valence electrons. The van der Waals surface area contributed by atoms with Crippen LogP contribution in [0.5, 0.6) is 0 Å². The Hall–Kier alpha value is -1.11. The SMILES string of the molecule is Cc1noc(C)c1CN1CCCC(CNC(=O)C2CCCN2)C1.Cl. The highest BCUT2D eigenvalue weighted by molar-refractivity contribution is 5.85. The summed E-state index contributed by atoms with van der Waals surface area (Å²) in [5.74, 6) is 1.63. The van der Waals surface area contributed by atoms with Crippen LogP contribution in [0.4, 0.5) is 0 Å². The summed E-state index contributed by atoms with van der Waals surface area (Å²) in [5.41, 5.74) is 2.20. The minimum atomic E-state index is 0. The van der Waals surface area contributed by atoms with E-state index in [2.05, 4.69) is 20.7 Å². The summed E-state index contributed by atoms with van der Waals surface area (Å²) in [6.45, 7) is 8.77. The summed E-state index contributed by atoms with van der Waals surface area (Å²) < 4.78 is 5.26. The van der Waals surface area contributed by atoms with Crippen molar-refractivity contribution in [3.8, 4) is 0 Å². The third-order valence-electron chi connectivity index (χ3n) is 5.11. The largest absolute Gasteiger partial charge is 0.361 e. The van der Waals surface area contributed by atoms with E-state index >= 15 is 0 Å². The maximum absolute atomic E-state index is 12.1. The van der Waals surface area contributed by atoms with Gasteiger partial charge in [0.05, 0.1) is 11.7 Å². The van der Waals surface area contributed by atoms with Gasteiger partial charge in [0.2, 0.25) is 5.91 Å². The fourth-order valence-electron chi connectivity index (χ4n) is 3.69. The van der Waals surface area contributed by atoms with Crippen molar-refractivity contribution in [3.63, 3.8) is 0 Å². The lowest BCUT2D eigenvalue weighted by molar-refractivity contribution is -0.123. The van der Waals surface area contributed by atoms with Crippen molar-refractivity contribution >= 4 is 18.3 Å². The van der Waals surface area contributed by atoms with Crippen LogP contribution in [-0.2, 0) is 11.3 Å². The quantitative estimate of drug-likeness (QED) is 0.841. The summed E-state index contributed by atoms with van der Waals surface area (Å²) in [7, 11) is 0. The number of rotatable bonds is 5. The predicted molar refractivity (Wildman–Crippen MR) is 95.3 cm³/mol. The van der Waals surface area contributed by atoms with Gasteiger partial charge in [0.15, 0.2) is 0 Å². The minimum Gasteiger partial charge on any atom is -0.361 e. The van der Waals surface area contributed by atoms with Gasteiger partial charge >= 0.3 is 0 Å². The molecule has 0 radical (unpaired) electrons. The van der Waals surface area contributed by atoms with E-state index < -0.39 is 0 Å². The maximum Gasteiger partial charge on any atom is 0.237 e. The second-order valence-electron chi connectivity index (χ2n) is 6.94. The zero-order valence-electron chi connectivity index (χ0n) is 14.6. The number of likely N-dealkylation sites (tertiary alicyclic amines) is 1. The third-order valence-corrected chi connectivity index (χ3v) is 5.11. The van der Waals surface area contributed by atoms with E-state index in [4.69, 9.17) is 4.52 Å². The highest BCUT2D eigenvalue weighted by Crippen LogP contribution is 2.21. The van der Waals surface area contributed by atoms with Crippen LogP contribution in [0.1, 0.15) is 42.7 Å². The molecular weight excluding hydrogens is 328 g/mol. The van der Waals surface area contributed by atoms with Gasteiger partial charge in [-0.05, 0) is 58.5 Å². The molecule has 1 aromatic heterocycles. The molecule has 2 saturated heterocycles. The van der Waals surface area contributed by atoms with E-state index in [1.54, 1.807) is 0 Å². The lowest BCUT2D eigenvalue weighted by Gasteiger charge is -2.33. The van der Waals surface area contributed by atoms with Crippen molar-refractivity contribution in [1.82, 2.24) is 20.7 Å². The summed E-state index contributed by atoms with van der Waals surface area (Å²) in [6.07, 6.45) is 4.45. The van der Waals surface area contributed by atoms with Crippen LogP contribution in [-0.4, -0.2) is 48.2 Å². The smallest absolute Gasteiger partial charge is 0.237 e. The number of nitrogens with one attached hydrogen (secondary N) is 2. The Morgan fingerprint density at radius 2 is 2.21 bits per heavy atom. The van der Waals surface area contributed by atoms with E-state index in [1.807, 2.05) is 13.8 Å². The van der Waals surface area contributed by atoms with Crippen molar-refractivity contribution in [2.24, 2.45) is 5.92 Å². The molecule has 0 aliphatic carbocycles. The van der Waals surface area contributed by atoms with Crippen LogP contribution in [0.15, 0.2) is 4.52 Å². The third kappa shape index (κ3) is 4.71. The average Bonchev–Trinajstić information content (AvgIpc) is 3.19. The van der Waals surface area contributed by atoms with Crippen molar-refractivity contribution in [2.75, 3.05) is 26.2 Å². The molecule has 2 atom stereocenters. The molecule has 2 N–H and O–H groups in total. The number of halogens is 1. The van der Waals surface area contributed by atoms with Gasteiger partial charge in [-0.1, -0.05) is 5.16 Å². The molecule has 6 nitrogen and oxygen atoms in total. The molecule has 2 aliphatic rings. The van der Waals surface area contributed by atoms with Crippen LogP contribution < -0.4 is 10.6 Å². The summed E-state index contributed by atoms with van der Waals surface area (Å²) >= 11 is 0. The molecule has 2 unspecified atom stereocenters. The van der Waals surface area contributed by atoms with Gasteiger partial charge in [-0.15, -0.1) is 12.4 Å². The molecule has 0 bridgehead atoms. The lowest BCUT2D eigenvalue weighted by Crippen LogP contribution is -2.45. The topological polar surface area (TPSA) is 70.4 Å². The Morgan fingerprint density at radius 3 is 2.88 bits per heavy atom.